The third-order valence-electron chi connectivity index (χ3n) is 5.29. The van der Waals surface area contributed by atoms with Gasteiger partial charge >= 0.3 is 0 Å². The molecule has 0 spiro atoms. The molecule has 142 valence electrons. The summed E-state index contributed by atoms with van der Waals surface area (Å²) in [6, 6.07) is 6.09. The third kappa shape index (κ3) is 3.99. The van der Waals surface area contributed by atoms with Crippen molar-refractivity contribution in [2.24, 2.45) is 5.92 Å². The zero-order valence-electron chi connectivity index (χ0n) is 15.0. The van der Waals surface area contributed by atoms with Crippen molar-refractivity contribution in [3.63, 3.8) is 0 Å². The molecule has 7 heteroatoms. The average molecular weight is 370 g/mol. The van der Waals surface area contributed by atoms with Crippen LogP contribution < -0.4 is 10.6 Å². The Morgan fingerprint density at radius 3 is 2.74 bits per heavy atom. The standard InChI is InChI=1S/C20H23FN4O2/c21-15-3-1-13(2-4-15)18-16(11-23-12-24-18)19-17(7-10-27-19)25-20(26)14-5-8-22-9-6-14/h1-4,11-12,14,17,19,22H,5-10H2,(H,25,26)/t17-,19?/m0/s1. The molecule has 1 amide bonds. The van der Waals surface area contributed by atoms with E-state index in [9.17, 15) is 9.18 Å². The molecule has 0 bridgehead atoms. The highest BCUT2D eigenvalue weighted by molar-refractivity contribution is 5.79. The molecule has 0 radical (unpaired) electrons. The number of ether oxygens (including phenoxy) is 1. The number of hydrogen-bond donors (Lipinski definition) is 2. The zero-order valence-corrected chi connectivity index (χ0v) is 15.0. The quantitative estimate of drug-likeness (QED) is 0.863. The Labute approximate surface area is 157 Å². The summed E-state index contributed by atoms with van der Waals surface area (Å²) >= 11 is 0. The number of piperidine rings is 1. The van der Waals surface area contributed by atoms with Crippen molar-refractivity contribution in [3.05, 3.63) is 48.2 Å². The second-order valence-electron chi connectivity index (χ2n) is 7.05. The van der Waals surface area contributed by atoms with Crippen molar-refractivity contribution >= 4 is 5.91 Å². The Morgan fingerprint density at radius 2 is 1.96 bits per heavy atom. The monoisotopic (exact) mass is 370 g/mol. The van der Waals surface area contributed by atoms with Crippen LogP contribution in [0.3, 0.4) is 0 Å². The number of halogens is 1. The summed E-state index contributed by atoms with van der Waals surface area (Å²) in [5, 5.41) is 6.46. The highest BCUT2D eigenvalue weighted by atomic mass is 19.1. The fourth-order valence-electron chi connectivity index (χ4n) is 3.83. The summed E-state index contributed by atoms with van der Waals surface area (Å²) < 4.78 is 19.2. The molecule has 3 heterocycles. The predicted molar refractivity (Wildman–Crippen MR) is 98.3 cm³/mol. The molecule has 6 nitrogen and oxygen atoms in total. The number of nitrogens with zero attached hydrogens (tertiary/aromatic N) is 2. The highest BCUT2D eigenvalue weighted by Gasteiger charge is 2.35. The van der Waals surface area contributed by atoms with Crippen LogP contribution in [0.2, 0.25) is 0 Å². The van der Waals surface area contributed by atoms with E-state index in [1.807, 2.05) is 0 Å². The van der Waals surface area contributed by atoms with Gasteiger partial charge in [-0.05, 0) is 56.6 Å². The first kappa shape index (κ1) is 18.0. The van der Waals surface area contributed by atoms with Gasteiger partial charge in [0.15, 0.2) is 0 Å². The summed E-state index contributed by atoms with van der Waals surface area (Å²) in [5.41, 5.74) is 2.32. The number of aromatic nitrogens is 2. The topological polar surface area (TPSA) is 76.1 Å². The normalized spacial score (nSPS) is 23.3. The fraction of sp³-hybridized carbons (Fsp3) is 0.450. The predicted octanol–water partition coefficient (Wildman–Crippen LogP) is 2.23. The van der Waals surface area contributed by atoms with E-state index in [4.69, 9.17) is 4.74 Å². The van der Waals surface area contributed by atoms with E-state index in [1.165, 1.54) is 18.5 Å². The molecule has 2 atom stereocenters. The van der Waals surface area contributed by atoms with Crippen LogP contribution in [0, 0.1) is 11.7 Å². The number of nitrogens with one attached hydrogen (secondary N) is 2. The van der Waals surface area contributed by atoms with E-state index in [2.05, 4.69) is 20.6 Å². The lowest BCUT2D eigenvalue weighted by Gasteiger charge is -2.26. The molecule has 2 aliphatic rings. The van der Waals surface area contributed by atoms with Gasteiger partial charge in [-0.1, -0.05) is 0 Å². The largest absolute Gasteiger partial charge is 0.371 e. The van der Waals surface area contributed by atoms with Crippen LogP contribution >= 0.6 is 0 Å². The molecule has 2 saturated heterocycles. The molecule has 2 aliphatic heterocycles. The van der Waals surface area contributed by atoms with Crippen LogP contribution in [0.15, 0.2) is 36.8 Å². The number of rotatable bonds is 4. The van der Waals surface area contributed by atoms with Crippen LogP contribution in [-0.4, -0.2) is 41.6 Å². The molecule has 4 rings (SSSR count). The minimum absolute atomic E-state index is 0.0519. The maximum atomic E-state index is 13.3. The molecule has 27 heavy (non-hydrogen) atoms. The summed E-state index contributed by atoms with van der Waals surface area (Å²) in [4.78, 5) is 21.2. The van der Waals surface area contributed by atoms with Gasteiger partial charge in [0.1, 0.15) is 18.2 Å². The lowest BCUT2D eigenvalue weighted by Crippen LogP contribution is -2.43. The maximum Gasteiger partial charge on any atom is 0.223 e. The molecule has 1 unspecified atom stereocenters. The van der Waals surface area contributed by atoms with E-state index in [-0.39, 0.29) is 29.8 Å². The molecular formula is C20H23FN4O2. The van der Waals surface area contributed by atoms with Gasteiger partial charge in [-0.15, -0.1) is 0 Å². The molecular weight excluding hydrogens is 347 g/mol. The van der Waals surface area contributed by atoms with Crippen LogP contribution in [0.25, 0.3) is 11.3 Å². The Morgan fingerprint density at radius 1 is 1.19 bits per heavy atom. The van der Waals surface area contributed by atoms with Crippen molar-refractivity contribution < 1.29 is 13.9 Å². The SMILES string of the molecule is O=C(N[C@H]1CCOC1c1cncnc1-c1ccc(F)cc1)C1CCNCC1. The number of carbonyl (C=O) groups excluding carboxylic acids is 1. The van der Waals surface area contributed by atoms with Gasteiger partial charge < -0.3 is 15.4 Å². The van der Waals surface area contributed by atoms with Gasteiger partial charge in [-0.3, -0.25) is 4.79 Å². The van der Waals surface area contributed by atoms with Gasteiger partial charge in [0.25, 0.3) is 0 Å². The Kier molecular flexibility index (Phi) is 5.40. The number of amides is 1. The van der Waals surface area contributed by atoms with Crippen LogP contribution in [0.1, 0.15) is 30.9 Å². The zero-order chi connectivity index (χ0) is 18.6. The summed E-state index contributed by atoms with van der Waals surface area (Å²) in [5.74, 6) is -0.146. The van der Waals surface area contributed by atoms with E-state index in [0.29, 0.717) is 12.3 Å². The molecule has 1 aromatic heterocycles. The van der Waals surface area contributed by atoms with Gasteiger partial charge in [0.2, 0.25) is 5.91 Å². The van der Waals surface area contributed by atoms with E-state index in [0.717, 1.165) is 43.5 Å². The van der Waals surface area contributed by atoms with Crippen molar-refractivity contribution in [2.75, 3.05) is 19.7 Å². The van der Waals surface area contributed by atoms with Crippen LogP contribution in [0.5, 0.6) is 0 Å². The summed E-state index contributed by atoms with van der Waals surface area (Å²) in [7, 11) is 0. The van der Waals surface area contributed by atoms with Crippen molar-refractivity contribution in [1.82, 2.24) is 20.6 Å². The van der Waals surface area contributed by atoms with Crippen LogP contribution in [0.4, 0.5) is 4.39 Å². The Balaban J connectivity index is 1.55. The fourth-order valence-corrected chi connectivity index (χ4v) is 3.83. The van der Waals surface area contributed by atoms with E-state index >= 15 is 0 Å². The van der Waals surface area contributed by atoms with Gasteiger partial charge in [-0.2, -0.15) is 0 Å². The summed E-state index contributed by atoms with van der Waals surface area (Å²) in [6.45, 7) is 2.33. The van der Waals surface area contributed by atoms with Gasteiger partial charge in [-0.25, -0.2) is 14.4 Å². The lowest BCUT2D eigenvalue weighted by molar-refractivity contribution is -0.126. The van der Waals surface area contributed by atoms with Gasteiger partial charge in [0.05, 0.1) is 11.7 Å². The molecule has 0 aliphatic carbocycles. The first-order chi connectivity index (χ1) is 13.2. The van der Waals surface area contributed by atoms with Crippen molar-refractivity contribution in [3.8, 4) is 11.3 Å². The minimum atomic E-state index is -0.308. The molecule has 2 aromatic rings. The Bertz CT molecular complexity index is 793. The lowest BCUT2D eigenvalue weighted by atomic mass is 9.94. The first-order valence-electron chi connectivity index (χ1n) is 9.41. The first-order valence-corrected chi connectivity index (χ1v) is 9.41. The smallest absolute Gasteiger partial charge is 0.223 e. The van der Waals surface area contributed by atoms with E-state index in [1.54, 1.807) is 18.3 Å². The Hall–Kier alpha value is -2.38. The molecule has 0 saturated carbocycles. The average Bonchev–Trinajstić information content (AvgIpc) is 3.17. The molecule has 2 fully saturated rings. The molecule has 2 N–H and O–H groups in total. The van der Waals surface area contributed by atoms with Crippen LogP contribution in [-0.2, 0) is 9.53 Å². The van der Waals surface area contributed by atoms with E-state index < -0.39 is 0 Å². The minimum Gasteiger partial charge on any atom is -0.371 e. The second kappa shape index (κ2) is 8.10. The number of benzene rings is 1. The maximum absolute atomic E-state index is 13.3. The number of hydrogen-bond acceptors (Lipinski definition) is 5. The molecule has 1 aromatic carbocycles. The highest BCUT2D eigenvalue weighted by Crippen LogP contribution is 2.34. The second-order valence-corrected chi connectivity index (χ2v) is 7.05. The van der Waals surface area contributed by atoms with Crippen molar-refractivity contribution in [1.29, 1.82) is 0 Å². The third-order valence-corrected chi connectivity index (χ3v) is 5.29. The number of carbonyl (C=O) groups is 1. The van der Waals surface area contributed by atoms with Crippen molar-refractivity contribution in [2.45, 2.75) is 31.4 Å². The summed E-state index contributed by atoms with van der Waals surface area (Å²) in [6.07, 6.45) is 5.36. The van der Waals surface area contributed by atoms with Gasteiger partial charge in [0, 0.05) is 29.8 Å².